The molecule has 10 nitrogen and oxygen atoms in total. The zero-order chi connectivity index (χ0) is 25.0. The number of para-hydroxylation sites is 2. The third-order valence-electron chi connectivity index (χ3n) is 3.39. The van der Waals surface area contributed by atoms with Gasteiger partial charge in [-0.15, -0.1) is 0 Å². The number of esters is 2. The normalized spacial score (nSPS) is 9.83. The molecule has 2 rings (SSSR count). The summed E-state index contributed by atoms with van der Waals surface area (Å²) < 4.78 is 19.8. The van der Waals surface area contributed by atoms with Crippen molar-refractivity contribution >= 4 is 61.6 Å². The Kier molecular flexibility index (Phi) is 18.2. The summed E-state index contributed by atoms with van der Waals surface area (Å²) in [5, 5.41) is 20.0. The van der Waals surface area contributed by atoms with Gasteiger partial charge in [-0.25, -0.2) is 9.59 Å². The fourth-order valence-corrected chi connectivity index (χ4v) is 2.01. The molecule has 0 amide bonds. The Labute approximate surface area is 231 Å². The zero-order valence-corrected chi connectivity index (χ0v) is 20.9. The summed E-state index contributed by atoms with van der Waals surface area (Å²) in [6.45, 7) is 0.500. The van der Waals surface area contributed by atoms with E-state index in [9.17, 15) is 29.4 Å². The molecule has 0 atom stereocenters. The van der Waals surface area contributed by atoms with Crippen LogP contribution in [0.5, 0.6) is 11.5 Å². The molecule has 0 aromatic heterocycles. The van der Waals surface area contributed by atoms with Crippen LogP contribution in [0.25, 0.3) is 0 Å². The zero-order valence-electron chi connectivity index (χ0n) is 18.7. The summed E-state index contributed by atoms with van der Waals surface area (Å²) in [7, 11) is 0. The second-order valence-corrected chi connectivity index (χ2v) is 5.96. The molecule has 0 N–H and O–H groups in total. The molecule has 180 valence electrons. The van der Waals surface area contributed by atoms with Gasteiger partial charge in [-0.2, -0.15) is 0 Å². The smallest absolute Gasteiger partial charge is 0.545 e. The molecular formula is C24H22CaO10. The van der Waals surface area contributed by atoms with Gasteiger partial charge in [-0.1, -0.05) is 36.4 Å². The topological polar surface area (TPSA) is 151 Å². The van der Waals surface area contributed by atoms with Gasteiger partial charge >= 0.3 is 49.7 Å². The molecule has 0 unspecified atom stereocenters. The summed E-state index contributed by atoms with van der Waals surface area (Å²) in [4.78, 5) is 41.8. The van der Waals surface area contributed by atoms with Crippen molar-refractivity contribution in [1.82, 2.24) is 0 Å². The molecule has 0 aliphatic heterocycles. The Bertz CT molecular complexity index is 879. The maximum atomic E-state index is 10.9. The van der Waals surface area contributed by atoms with Crippen LogP contribution in [0, 0.1) is 0 Å². The molecule has 0 fully saturated rings. The van der Waals surface area contributed by atoms with Crippen molar-refractivity contribution in [1.29, 1.82) is 0 Å². The van der Waals surface area contributed by atoms with Crippen LogP contribution < -0.4 is 19.7 Å². The average Bonchev–Trinajstić information content (AvgIpc) is 2.83. The molecule has 2 aromatic carbocycles. The van der Waals surface area contributed by atoms with Crippen LogP contribution in [0.4, 0.5) is 0 Å². The fraction of sp³-hybridized carbons (Fsp3) is 0.167. The van der Waals surface area contributed by atoms with Gasteiger partial charge in [0.15, 0.2) is 0 Å². The summed E-state index contributed by atoms with van der Waals surface area (Å²) in [6.07, 6.45) is 2.80. The first kappa shape index (κ1) is 31.7. The first-order chi connectivity index (χ1) is 16.4. The van der Waals surface area contributed by atoms with E-state index < -0.39 is 23.9 Å². The Morgan fingerprint density at radius 1 is 0.571 bits per heavy atom. The van der Waals surface area contributed by atoms with E-state index in [2.05, 4.69) is 9.47 Å². The molecule has 11 heteroatoms. The van der Waals surface area contributed by atoms with Gasteiger partial charge in [-0.05, 0) is 36.4 Å². The van der Waals surface area contributed by atoms with E-state index in [0.29, 0.717) is 23.7 Å². The number of hydrogen-bond donors (Lipinski definition) is 0. The van der Waals surface area contributed by atoms with Crippen molar-refractivity contribution < 1.29 is 48.3 Å². The number of benzene rings is 2. The van der Waals surface area contributed by atoms with Gasteiger partial charge in [0.25, 0.3) is 0 Å². The van der Waals surface area contributed by atoms with Crippen LogP contribution in [0.15, 0.2) is 85.0 Å². The van der Waals surface area contributed by atoms with Crippen molar-refractivity contribution in [3.8, 4) is 11.5 Å². The minimum Gasteiger partial charge on any atom is -0.545 e. The molecular weight excluding hydrogens is 488 g/mol. The van der Waals surface area contributed by atoms with E-state index >= 15 is 0 Å². The van der Waals surface area contributed by atoms with Crippen molar-refractivity contribution in [3.63, 3.8) is 0 Å². The SMILES string of the molecule is O=C([O-])/C=C/C(=O)OCCOc1ccccc1.O=C([O-])/C=C/C(=O)OCCOc1ccccc1.[Ca+2]. The van der Waals surface area contributed by atoms with Crippen molar-refractivity contribution in [2.24, 2.45) is 0 Å². The number of rotatable bonds is 12. The molecule has 0 heterocycles. The van der Waals surface area contributed by atoms with E-state index in [1.807, 2.05) is 36.4 Å². The van der Waals surface area contributed by atoms with Crippen LogP contribution in [0.1, 0.15) is 0 Å². The van der Waals surface area contributed by atoms with Gasteiger partial charge in [-0.3, -0.25) is 0 Å². The van der Waals surface area contributed by atoms with E-state index in [4.69, 9.17) is 9.47 Å². The van der Waals surface area contributed by atoms with Gasteiger partial charge in [0.2, 0.25) is 0 Å². The van der Waals surface area contributed by atoms with E-state index in [1.165, 1.54) is 0 Å². The number of carboxylic acids is 2. The number of carbonyl (C=O) groups excluding carboxylic acids is 4. The van der Waals surface area contributed by atoms with E-state index in [0.717, 1.165) is 12.2 Å². The molecule has 0 radical (unpaired) electrons. The quantitative estimate of drug-likeness (QED) is 0.157. The Morgan fingerprint density at radius 2 is 0.914 bits per heavy atom. The van der Waals surface area contributed by atoms with Gasteiger partial charge in [0, 0.05) is 12.2 Å². The molecule has 0 spiro atoms. The minimum absolute atomic E-state index is 0. The molecule has 0 saturated carbocycles. The first-order valence-corrected chi connectivity index (χ1v) is 9.84. The Balaban J connectivity index is 0.000000642. The van der Waals surface area contributed by atoms with Crippen LogP contribution in [0.2, 0.25) is 0 Å². The van der Waals surface area contributed by atoms with E-state index in [-0.39, 0.29) is 64.2 Å². The van der Waals surface area contributed by atoms with Crippen LogP contribution in [0.3, 0.4) is 0 Å². The number of hydrogen-bond acceptors (Lipinski definition) is 10. The van der Waals surface area contributed by atoms with Gasteiger partial charge in [0.1, 0.15) is 37.9 Å². The number of carbonyl (C=O) groups is 4. The predicted octanol–water partition coefficient (Wildman–Crippen LogP) is -0.551. The Morgan fingerprint density at radius 3 is 1.23 bits per heavy atom. The molecule has 35 heavy (non-hydrogen) atoms. The van der Waals surface area contributed by atoms with Gasteiger partial charge in [0.05, 0.1) is 11.9 Å². The number of aliphatic carboxylic acids is 2. The first-order valence-electron chi connectivity index (χ1n) is 9.84. The van der Waals surface area contributed by atoms with Crippen molar-refractivity contribution in [3.05, 3.63) is 85.0 Å². The molecule has 0 aliphatic rings. The summed E-state index contributed by atoms with van der Waals surface area (Å²) in [6, 6.07) is 18.1. The number of carboxylic acid groups (broad SMARTS) is 2. The van der Waals surface area contributed by atoms with Crippen LogP contribution >= 0.6 is 0 Å². The fourth-order valence-electron chi connectivity index (χ4n) is 2.01. The molecule has 0 aliphatic carbocycles. The molecule has 0 bridgehead atoms. The average molecular weight is 511 g/mol. The maximum Gasteiger partial charge on any atom is 2.00 e. The summed E-state index contributed by atoms with van der Waals surface area (Å²) in [5.74, 6) is -3.02. The van der Waals surface area contributed by atoms with Crippen molar-refractivity contribution in [2.75, 3.05) is 26.4 Å². The third-order valence-corrected chi connectivity index (χ3v) is 3.39. The van der Waals surface area contributed by atoms with Crippen LogP contribution in [-0.2, 0) is 28.7 Å². The molecule has 2 aromatic rings. The minimum atomic E-state index is -1.44. The third kappa shape index (κ3) is 18.7. The van der Waals surface area contributed by atoms with Gasteiger partial charge < -0.3 is 38.7 Å². The maximum absolute atomic E-state index is 10.9. The number of ether oxygens (including phenoxy) is 4. The second-order valence-electron chi connectivity index (χ2n) is 5.96. The largest absolute Gasteiger partial charge is 2.00 e. The standard InChI is InChI=1S/2C12H12O5.Ca/c2*13-11(14)6-7-12(15)17-9-8-16-10-4-2-1-3-5-10;/h2*1-7H,8-9H2,(H,13,14);/q;;+2/p-2/b2*7-6+;. The van der Waals surface area contributed by atoms with E-state index in [1.54, 1.807) is 24.3 Å². The predicted molar refractivity (Wildman–Crippen MR) is 120 cm³/mol. The second kappa shape index (κ2) is 20.1. The molecule has 0 saturated heterocycles. The summed E-state index contributed by atoms with van der Waals surface area (Å²) >= 11 is 0. The monoisotopic (exact) mass is 510 g/mol. The van der Waals surface area contributed by atoms with Crippen molar-refractivity contribution in [2.45, 2.75) is 0 Å². The Hall–Kier alpha value is -3.34. The van der Waals surface area contributed by atoms with Crippen LogP contribution in [-0.4, -0.2) is 88.0 Å². The summed E-state index contributed by atoms with van der Waals surface area (Å²) in [5.41, 5.74) is 0.